The van der Waals surface area contributed by atoms with E-state index in [1.54, 1.807) is 0 Å². The normalized spacial score (nSPS) is 14.4. The fraction of sp³-hybridized carbons (Fsp3) is 0.538. The number of carboxylic acids is 1. The molecule has 0 atom stereocenters. The number of carbonyl (C=O) groups is 2. The summed E-state index contributed by atoms with van der Waals surface area (Å²) in [6, 6.07) is 0. The van der Waals surface area contributed by atoms with Crippen LogP contribution >= 0.6 is 0 Å². The van der Waals surface area contributed by atoms with Crippen LogP contribution in [-0.2, 0) is 24.1 Å². The molecule has 0 saturated carbocycles. The van der Waals surface area contributed by atoms with Crippen molar-refractivity contribution >= 4 is 11.8 Å². The van der Waals surface area contributed by atoms with Gasteiger partial charge in [0, 0.05) is 19.0 Å². The van der Waals surface area contributed by atoms with Crippen molar-refractivity contribution in [1.29, 1.82) is 0 Å². The van der Waals surface area contributed by atoms with Crippen LogP contribution in [0.15, 0.2) is 0 Å². The summed E-state index contributed by atoms with van der Waals surface area (Å²) in [5, 5.41) is 8.75. The molecule has 0 amide bonds. The van der Waals surface area contributed by atoms with Gasteiger partial charge in [-0.25, -0.2) is 0 Å². The van der Waals surface area contributed by atoms with Gasteiger partial charge in [0.15, 0.2) is 5.78 Å². The number of Topliss-reactive ketones (excluding diaryl/α,β-unsaturated/α-hetero) is 1. The Hall–Kier alpha value is -1.58. The molecule has 1 heterocycles. The van der Waals surface area contributed by atoms with Crippen LogP contribution in [0.25, 0.3) is 0 Å². The lowest BCUT2D eigenvalue weighted by Crippen LogP contribution is -2.05. The molecular formula is C13H17NO3. The lowest BCUT2D eigenvalue weighted by molar-refractivity contribution is -0.136. The molecule has 17 heavy (non-hydrogen) atoms. The molecule has 0 radical (unpaired) electrons. The highest BCUT2D eigenvalue weighted by atomic mass is 16.4. The number of fused-ring (bicyclic) bond motifs is 1. The number of carbonyl (C=O) groups excluding carboxylic acids is 1. The van der Waals surface area contributed by atoms with Crippen molar-refractivity contribution in [3.8, 4) is 0 Å². The minimum absolute atomic E-state index is 0.000196. The van der Waals surface area contributed by atoms with E-state index in [9.17, 15) is 9.59 Å². The Morgan fingerprint density at radius 1 is 1.29 bits per heavy atom. The highest BCUT2D eigenvalue weighted by Crippen LogP contribution is 2.28. The van der Waals surface area contributed by atoms with Crippen LogP contribution in [0.4, 0.5) is 0 Å². The first-order chi connectivity index (χ1) is 8.09. The maximum absolute atomic E-state index is 11.6. The van der Waals surface area contributed by atoms with E-state index in [0.717, 1.165) is 36.9 Å². The predicted molar refractivity (Wildman–Crippen MR) is 63.4 cm³/mol. The fourth-order valence-electron chi connectivity index (χ4n) is 2.56. The van der Waals surface area contributed by atoms with Crippen molar-refractivity contribution in [3.05, 3.63) is 22.5 Å². The number of hydrogen-bond acceptors (Lipinski definition) is 2. The number of rotatable bonds is 4. The zero-order valence-electron chi connectivity index (χ0n) is 10.0. The molecule has 0 aliphatic heterocycles. The van der Waals surface area contributed by atoms with Crippen LogP contribution in [0.1, 0.15) is 53.5 Å². The van der Waals surface area contributed by atoms with Gasteiger partial charge in [-0.3, -0.25) is 9.59 Å². The van der Waals surface area contributed by atoms with Gasteiger partial charge in [0.1, 0.15) is 0 Å². The Kier molecular flexibility index (Phi) is 3.31. The second-order valence-electron chi connectivity index (χ2n) is 4.59. The highest BCUT2D eigenvalue weighted by molar-refractivity contribution is 5.94. The number of ketones is 1. The number of hydrogen-bond donors (Lipinski definition) is 2. The van der Waals surface area contributed by atoms with E-state index >= 15 is 0 Å². The Morgan fingerprint density at radius 2 is 2.00 bits per heavy atom. The largest absolute Gasteiger partial charge is 0.481 e. The summed E-state index contributed by atoms with van der Waals surface area (Å²) in [6.45, 7) is 1.53. The Labute approximate surface area is 100 Å². The number of nitrogens with one attached hydrogen (secondary N) is 1. The van der Waals surface area contributed by atoms with E-state index in [1.807, 2.05) is 0 Å². The van der Waals surface area contributed by atoms with Crippen LogP contribution < -0.4 is 0 Å². The molecule has 0 fully saturated rings. The molecule has 0 saturated heterocycles. The van der Waals surface area contributed by atoms with E-state index in [0.29, 0.717) is 12.1 Å². The number of aromatic nitrogens is 1. The minimum atomic E-state index is -0.815. The summed E-state index contributed by atoms with van der Waals surface area (Å²) < 4.78 is 0. The summed E-state index contributed by atoms with van der Waals surface area (Å²) in [7, 11) is 0. The quantitative estimate of drug-likeness (QED) is 0.785. The van der Waals surface area contributed by atoms with E-state index < -0.39 is 5.97 Å². The maximum Gasteiger partial charge on any atom is 0.303 e. The van der Waals surface area contributed by atoms with E-state index in [2.05, 4.69) is 4.98 Å². The third-order valence-electron chi connectivity index (χ3n) is 3.35. The zero-order chi connectivity index (χ0) is 12.4. The molecule has 4 nitrogen and oxygen atoms in total. The number of carboxylic acid groups (broad SMARTS) is 1. The summed E-state index contributed by atoms with van der Waals surface area (Å²) in [4.78, 5) is 25.4. The van der Waals surface area contributed by atoms with Crippen molar-refractivity contribution in [2.24, 2.45) is 0 Å². The number of aliphatic carboxylic acids is 1. The molecule has 1 aliphatic rings. The smallest absolute Gasteiger partial charge is 0.303 e. The van der Waals surface area contributed by atoms with Crippen molar-refractivity contribution in [1.82, 2.24) is 4.98 Å². The lowest BCUT2D eigenvalue weighted by Gasteiger charge is -2.12. The van der Waals surface area contributed by atoms with Gasteiger partial charge in [-0.1, -0.05) is 0 Å². The first-order valence-electron chi connectivity index (χ1n) is 6.05. The molecular weight excluding hydrogens is 218 g/mol. The van der Waals surface area contributed by atoms with Crippen LogP contribution in [0, 0.1) is 0 Å². The van der Waals surface area contributed by atoms with E-state index in [1.165, 1.54) is 12.5 Å². The first kappa shape index (κ1) is 11.9. The van der Waals surface area contributed by atoms with Crippen LogP contribution in [0.3, 0.4) is 0 Å². The van der Waals surface area contributed by atoms with Crippen LogP contribution in [-0.4, -0.2) is 21.8 Å². The van der Waals surface area contributed by atoms with E-state index in [-0.39, 0.29) is 12.2 Å². The van der Waals surface area contributed by atoms with Crippen molar-refractivity contribution in [3.63, 3.8) is 0 Å². The average molecular weight is 235 g/mol. The predicted octanol–water partition coefficient (Wildman–Crippen LogP) is 2.11. The van der Waals surface area contributed by atoms with Gasteiger partial charge in [0.05, 0.1) is 5.69 Å². The topological polar surface area (TPSA) is 70.2 Å². The molecule has 0 spiro atoms. The molecule has 1 aromatic rings. The summed E-state index contributed by atoms with van der Waals surface area (Å²) in [5.41, 5.74) is 3.90. The molecule has 2 rings (SSSR count). The number of aromatic amines is 1. The number of H-pyrrole nitrogens is 1. The second kappa shape index (κ2) is 4.73. The van der Waals surface area contributed by atoms with Gasteiger partial charge in [-0.2, -0.15) is 0 Å². The SMILES string of the molecule is CC(=O)c1[nH]c2c(c1CCC(=O)O)CCCC2. The third-order valence-corrected chi connectivity index (χ3v) is 3.35. The molecule has 92 valence electrons. The summed E-state index contributed by atoms with van der Waals surface area (Å²) in [5.74, 6) is -0.815. The Morgan fingerprint density at radius 3 is 2.65 bits per heavy atom. The van der Waals surface area contributed by atoms with Gasteiger partial charge in [-0.05, 0) is 43.2 Å². The third kappa shape index (κ3) is 2.40. The first-order valence-corrected chi connectivity index (χ1v) is 6.05. The lowest BCUT2D eigenvalue weighted by atomic mass is 9.92. The minimum Gasteiger partial charge on any atom is -0.481 e. The van der Waals surface area contributed by atoms with Gasteiger partial charge >= 0.3 is 5.97 Å². The molecule has 2 N–H and O–H groups in total. The molecule has 0 unspecified atom stereocenters. The summed E-state index contributed by atoms with van der Waals surface area (Å²) >= 11 is 0. The Balaban J connectivity index is 2.35. The average Bonchev–Trinajstić information content (AvgIpc) is 2.65. The second-order valence-corrected chi connectivity index (χ2v) is 4.59. The molecule has 4 heteroatoms. The van der Waals surface area contributed by atoms with Gasteiger partial charge in [0.2, 0.25) is 0 Å². The van der Waals surface area contributed by atoms with Gasteiger partial charge in [0.25, 0.3) is 0 Å². The zero-order valence-corrected chi connectivity index (χ0v) is 10.0. The van der Waals surface area contributed by atoms with Crippen LogP contribution in [0.5, 0.6) is 0 Å². The maximum atomic E-state index is 11.6. The van der Waals surface area contributed by atoms with Crippen molar-refractivity contribution < 1.29 is 14.7 Å². The van der Waals surface area contributed by atoms with E-state index in [4.69, 9.17) is 5.11 Å². The number of aryl methyl sites for hydroxylation is 1. The molecule has 0 bridgehead atoms. The molecule has 0 aromatic carbocycles. The fourth-order valence-corrected chi connectivity index (χ4v) is 2.56. The highest BCUT2D eigenvalue weighted by Gasteiger charge is 2.22. The van der Waals surface area contributed by atoms with Crippen molar-refractivity contribution in [2.45, 2.75) is 45.4 Å². The standard InChI is InChI=1S/C13H17NO3/c1-8(15)13-10(6-7-12(16)17)9-4-2-3-5-11(9)14-13/h14H,2-7H2,1H3,(H,16,17). The van der Waals surface area contributed by atoms with Crippen molar-refractivity contribution in [2.75, 3.05) is 0 Å². The van der Waals surface area contributed by atoms with Crippen LogP contribution in [0.2, 0.25) is 0 Å². The molecule has 1 aromatic heterocycles. The van der Waals surface area contributed by atoms with Gasteiger partial charge in [-0.15, -0.1) is 0 Å². The summed E-state index contributed by atoms with van der Waals surface area (Å²) in [6.07, 6.45) is 4.75. The monoisotopic (exact) mass is 235 g/mol. The Bertz CT molecular complexity index is 459. The van der Waals surface area contributed by atoms with Gasteiger partial charge < -0.3 is 10.1 Å². The molecule has 1 aliphatic carbocycles.